The highest BCUT2D eigenvalue weighted by Crippen LogP contribution is 2.34. The van der Waals surface area contributed by atoms with Gasteiger partial charge in [-0.15, -0.1) is 0 Å². The maximum atomic E-state index is 11.7. The Bertz CT molecular complexity index is 1320. The molecule has 1 heterocycles. The zero-order valence-electron chi connectivity index (χ0n) is 19.6. The number of benzene rings is 3. The van der Waals surface area contributed by atoms with Crippen LogP contribution in [0.1, 0.15) is 31.7 Å². The molecule has 7 heteroatoms. The highest BCUT2D eigenvalue weighted by molar-refractivity contribution is 6.08. The lowest BCUT2D eigenvalue weighted by atomic mass is 9.96. The SMILES string of the molecule is CCC(Cc1cc(NCCCC(=O)O)cc(Nc2c3ccccc3nc3ccccc23)c1)C(=O)O. The Morgan fingerprint density at radius 3 is 2.14 bits per heavy atom. The molecular weight excluding hydrogens is 442 g/mol. The fourth-order valence-corrected chi connectivity index (χ4v) is 4.27. The van der Waals surface area contributed by atoms with Crippen LogP contribution in [0.15, 0.2) is 66.7 Å². The Kier molecular flexibility index (Phi) is 7.45. The van der Waals surface area contributed by atoms with Gasteiger partial charge in [-0.2, -0.15) is 0 Å². The Labute approximate surface area is 203 Å². The molecule has 1 atom stereocenters. The van der Waals surface area contributed by atoms with Gasteiger partial charge in [0.05, 0.1) is 22.6 Å². The lowest BCUT2D eigenvalue weighted by Gasteiger charge is -2.17. The third-order valence-corrected chi connectivity index (χ3v) is 6.07. The van der Waals surface area contributed by atoms with Crippen LogP contribution in [0.5, 0.6) is 0 Å². The molecule has 4 N–H and O–H groups in total. The van der Waals surface area contributed by atoms with Crippen molar-refractivity contribution in [3.8, 4) is 0 Å². The largest absolute Gasteiger partial charge is 0.481 e. The van der Waals surface area contributed by atoms with Gasteiger partial charge in [0.25, 0.3) is 0 Å². The van der Waals surface area contributed by atoms with E-state index in [1.807, 2.05) is 73.7 Å². The molecule has 0 spiro atoms. The fraction of sp³-hybridized carbons (Fsp3) is 0.250. The van der Waals surface area contributed by atoms with E-state index in [0.29, 0.717) is 25.8 Å². The van der Waals surface area contributed by atoms with Crippen molar-refractivity contribution < 1.29 is 19.8 Å². The molecule has 3 aromatic carbocycles. The summed E-state index contributed by atoms with van der Waals surface area (Å²) >= 11 is 0. The minimum Gasteiger partial charge on any atom is -0.481 e. The standard InChI is InChI=1S/C28H29N3O4/c1-2-19(28(34)35)14-18-15-20(29-13-7-12-26(32)33)17-21(16-18)30-27-22-8-3-5-10-24(22)31-25-11-6-4-9-23(25)27/h3-6,8-11,15-17,19,29H,2,7,12-14H2,1H3,(H,30,31)(H,32,33)(H,34,35). The smallest absolute Gasteiger partial charge is 0.306 e. The summed E-state index contributed by atoms with van der Waals surface area (Å²) in [6.07, 6.45) is 1.52. The van der Waals surface area contributed by atoms with Gasteiger partial charge >= 0.3 is 11.9 Å². The van der Waals surface area contributed by atoms with Crippen LogP contribution in [-0.4, -0.2) is 33.7 Å². The summed E-state index contributed by atoms with van der Waals surface area (Å²) in [6, 6.07) is 21.8. The fourth-order valence-electron chi connectivity index (χ4n) is 4.27. The number of para-hydroxylation sites is 2. The van der Waals surface area contributed by atoms with Crippen molar-refractivity contribution in [2.45, 2.75) is 32.6 Å². The summed E-state index contributed by atoms with van der Waals surface area (Å²) in [5, 5.41) is 27.3. The molecule has 0 aliphatic rings. The number of carboxylic acid groups (broad SMARTS) is 2. The van der Waals surface area contributed by atoms with Crippen LogP contribution in [0.4, 0.5) is 17.1 Å². The second-order valence-electron chi connectivity index (χ2n) is 8.64. The number of nitrogens with one attached hydrogen (secondary N) is 2. The number of fused-ring (bicyclic) bond motifs is 2. The first kappa shape index (κ1) is 24.0. The number of carboxylic acids is 2. The average molecular weight is 472 g/mol. The van der Waals surface area contributed by atoms with Crippen molar-refractivity contribution in [1.29, 1.82) is 0 Å². The van der Waals surface area contributed by atoms with Crippen LogP contribution in [0, 0.1) is 5.92 Å². The Balaban J connectivity index is 1.73. The average Bonchev–Trinajstić information content (AvgIpc) is 2.84. The molecule has 0 amide bonds. The van der Waals surface area contributed by atoms with Gasteiger partial charge in [-0.05, 0) is 55.2 Å². The van der Waals surface area contributed by atoms with E-state index in [4.69, 9.17) is 10.1 Å². The molecule has 0 saturated heterocycles. The van der Waals surface area contributed by atoms with Gasteiger partial charge in [-0.1, -0.05) is 43.3 Å². The van der Waals surface area contributed by atoms with E-state index in [1.165, 1.54) is 0 Å². The van der Waals surface area contributed by atoms with Crippen LogP contribution in [0.2, 0.25) is 0 Å². The molecule has 0 aliphatic carbocycles. The van der Waals surface area contributed by atoms with Crippen LogP contribution in [0.3, 0.4) is 0 Å². The first-order chi connectivity index (χ1) is 16.9. The van der Waals surface area contributed by atoms with Crippen molar-refractivity contribution in [3.05, 3.63) is 72.3 Å². The highest BCUT2D eigenvalue weighted by Gasteiger charge is 2.17. The van der Waals surface area contributed by atoms with Gasteiger partial charge in [0.15, 0.2) is 0 Å². The second-order valence-corrected chi connectivity index (χ2v) is 8.64. The van der Waals surface area contributed by atoms with Gasteiger partial charge in [-0.3, -0.25) is 9.59 Å². The van der Waals surface area contributed by atoms with Gasteiger partial charge in [-0.25, -0.2) is 4.98 Å². The molecule has 1 unspecified atom stereocenters. The van der Waals surface area contributed by atoms with E-state index in [1.54, 1.807) is 0 Å². The maximum Gasteiger partial charge on any atom is 0.306 e. The van der Waals surface area contributed by atoms with Crippen molar-refractivity contribution in [2.24, 2.45) is 5.92 Å². The zero-order valence-corrected chi connectivity index (χ0v) is 19.6. The van der Waals surface area contributed by atoms with Gasteiger partial charge in [0, 0.05) is 35.1 Å². The van der Waals surface area contributed by atoms with Crippen molar-refractivity contribution in [3.63, 3.8) is 0 Å². The second kappa shape index (κ2) is 10.9. The van der Waals surface area contributed by atoms with Crippen LogP contribution < -0.4 is 10.6 Å². The Morgan fingerprint density at radius 2 is 1.54 bits per heavy atom. The van der Waals surface area contributed by atoms with Crippen LogP contribution in [0.25, 0.3) is 21.8 Å². The molecular formula is C28H29N3O4. The number of rotatable bonds is 11. The molecule has 180 valence electrons. The van der Waals surface area contributed by atoms with Crippen LogP contribution in [-0.2, 0) is 16.0 Å². The summed E-state index contributed by atoms with van der Waals surface area (Å²) in [5.41, 5.74) is 5.24. The maximum absolute atomic E-state index is 11.7. The van der Waals surface area contributed by atoms with Gasteiger partial charge in [0.2, 0.25) is 0 Å². The first-order valence-electron chi connectivity index (χ1n) is 11.8. The normalized spacial score (nSPS) is 11.9. The minimum absolute atomic E-state index is 0.0870. The Hall–Kier alpha value is -4.13. The van der Waals surface area contributed by atoms with E-state index in [0.717, 1.165) is 44.4 Å². The molecule has 7 nitrogen and oxygen atoms in total. The lowest BCUT2D eigenvalue weighted by molar-refractivity contribution is -0.142. The van der Waals surface area contributed by atoms with E-state index >= 15 is 0 Å². The molecule has 0 bridgehead atoms. The lowest BCUT2D eigenvalue weighted by Crippen LogP contribution is -2.15. The van der Waals surface area contributed by atoms with Gasteiger partial charge < -0.3 is 20.8 Å². The quantitative estimate of drug-likeness (QED) is 0.155. The van der Waals surface area contributed by atoms with E-state index in [-0.39, 0.29) is 6.42 Å². The van der Waals surface area contributed by atoms with E-state index in [2.05, 4.69) is 10.6 Å². The molecule has 0 saturated carbocycles. The number of hydrogen-bond acceptors (Lipinski definition) is 5. The van der Waals surface area contributed by atoms with Crippen molar-refractivity contribution >= 4 is 50.8 Å². The molecule has 1 aromatic heterocycles. The summed E-state index contributed by atoms with van der Waals surface area (Å²) < 4.78 is 0. The summed E-state index contributed by atoms with van der Waals surface area (Å²) in [7, 11) is 0. The highest BCUT2D eigenvalue weighted by atomic mass is 16.4. The number of nitrogens with zero attached hydrogens (tertiary/aromatic N) is 1. The number of pyridine rings is 1. The molecule has 35 heavy (non-hydrogen) atoms. The van der Waals surface area contributed by atoms with Gasteiger partial charge in [0.1, 0.15) is 0 Å². The molecule has 4 aromatic rings. The molecule has 0 aliphatic heterocycles. The third kappa shape index (κ3) is 5.87. The van der Waals surface area contributed by atoms with Crippen molar-refractivity contribution in [1.82, 2.24) is 4.98 Å². The molecule has 4 rings (SSSR count). The van der Waals surface area contributed by atoms with E-state index in [9.17, 15) is 14.7 Å². The number of hydrogen-bond donors (Lipinski definition) is 4. The molecule has 0 fully saturated rings. The number of aromatic nitrogens is 1. The summed E-state index contributed by atoms with van der Waals surface area (Å²) in [4.78, 5) is 27.3. The number of carbonyl (C=O) groups is 2. The van der Waals surface area contributed by atoms with Crippen LogP contribution >= 0.6 is 0 Å². The third-order valence-electron chi connectivity index (χ3n) is 6.07. The Morgan fingerprint density at radius 1 is 0.914 bits per heavy atom. The number of aliphatic carboxylic acids is 2. The first-order valence-corrected chi connectivity index (χ1v) is 11.8. The van der Waals surface area contributed by atoms with E-state index < -0.39 is 17.9 Å². The predicted molar refractivity (Wildman–Crippen MR) is 139 cm³/mol. The summed E-state index contributed by atoms with van der Waals surface area (Å²) in [5.74, 6) is -2.12. The number of anilines is 3. The summed E-state index contributed by atoms with van der Waals surface area (Å²) in [6.45, 7) is 2.38. The molecule has 0 radical (unpaired) electrons. The van der Waals surface area contributed by atoms with Crippen molar-refractivity contribution in [2.75, 3.05) is 17.2 Å². The topological polar surface area (TPSA) is 112 Å². The predicted octanol–water partition coefficient (Wildman–Crippen LogP) is 6.06. The zero-order chi connectivity index (χ0) is 24.8. The monoisotopic (exact) mass is 471 g/mol. The minimum atomic E-state index is -0.827.